The average Bonchev–Trinajstić information content (AvgIpc) is 3.20. The van der Waals surface area contributed by atoms with Gasteiger partial charge in [0.15, 0.2) is 0 Å². The van der Waals surface area contributed by atoms with Gasteiger partial charge in [-0.3, -0.25) is 9.78 Å². The molecule has 0 bridgehead atoms. The van der Waals surface area contributed by atoms with Crippen molar-refractivity contribution in [1.29, 1.82) is 0 Å². The van der Waals surface area contributed by atoms with Gasteiger partial charge in [0, 0.05) is 25.8 Å². The Morgan fingerprint density at radius 2 is 1.84 bits per heavy atom. The summed E-state index contributed by atoms with van der Waals surface area (Å²) in [7, 11) is -3.45. The molecule has 0 saturated carbocycles. The Morgan fingerprint density at radius 3 is 2.52 bits per heavy atom. The second-order valence-corrected chi connectivity index (χ2v) is 10.4. The Kier molecular flexibility index (Phi) is 6.45. The Labute approximate surface area is 186 Å². The van der Waals surface area contributed by atoms with Gasteiger partial charge in [0.1, 0.15) is 9.88 Å². The molecule has 2 aromatic heterocycles. The summed E-state index contributed by atoms with van der Waals surface area (Å²) < 4.78 is 27.1. The molecule has 1 amide bonds. The summed E-state index contributed by atoms with van der Waals surface area (Å²) in [6.45, 7) is 3.26. The number of hydrogen-bond acceptors (Lipinski definition) is 6. The third-order valence-electron chi connectivity index (χ3n) is 5.22. The summed E-state index contributed by atoms with van der Waals surface area (Å²) in [6, 6.07) is 12.3. The van der Waals surface area contributed by atoms with Crippen molar-refractivity contribution >= 4 is 27.3 Å². The molecule has 1 saturated heterocycles. The summed E-state index contributed by atoms with van der Waals surface area (Å²) in [6.07, 6.45) is 4.58. The number of hydrogen-bond donors (Lipinski definition) is 1. The maximum Gasteiger partial charge on any atom is 0.263 e. The summed E-state index contributed by atoms with van der Waals surface area (Å²) >= 11 is 1.31. The Morgan fingerprint density at radius 1 is 1.10 bits per heavy atom. The first kappa shape index (κ1) is 21.6. The van der Waals surface area contributed by atoms with Crippen molar-refractivity contribution in [3.63, 3.8) is 0 Å². The minimum Gasteiger partial charge on any atom is -0.347 e. The minimum atomic E-state index is -3.45. The van der Waals surface area contributed by atoms with Gasteiger partial charge in [0.25, 0.3) is 5.91 Å². The maximum atomic E-state index is 12.8. The number of nitrogens with one attached hydrogen (secondary N) is 1. The van der Waals surface area contributed by atoms with E-state index in [2.05, 4.69) is 15.3 Å². The van der Waals surface area contributed by atoms with Crippen LogP contribution in [0.25, 0.3) is 10.7 Å². The van der Waals surface area contributed by atoms with E-state index >= 15 is 0 Å². The fourth-order valence-corrected chi connectivity index (χ4v) is 5.98. The van der Waals surface area contributed by atoms with Crippen molar-refractivity contribution in [2.75, 3.05) is 13.1 Å². The van der Waals surface area contributed by atoms with Gasteiger partial charge < -0.3 is 5.32 Å². The fraction of sp³-hybridized carbons (Fsp3) is 0.318. The predicted octanol–water partition coefficient (Wildman–Crippen LogP) is 3.62. The van der Waals surface area contributed by atoms with E-state index in [0.717, 1.165) is 30.5 Å². The van der Waals surface area contributed by atoms with Crippen molar-refractivity contribution in [3.8, 4) is 10.7 Å². The highest BCUT2D eigenvalue weighted by molar-refractivity contribution is 7.89. The molecule has 1 aliphatic heterocycles. The molecule has 3 aromatic rings. The van der Waals surface area contributed by atoms with Crippen LogP contribution in [0.2, 0.25) is 0 Å². The van der Waals surface area contributed by atoms with Crippen molar-refractivity contribution in [2.24, 2.45) is 0 Å². The van der Waals surface area contributed by atoms with Crippen LogP contribution in [-0.4, -0.2) is 41.7 Å². The van der Waals surface area contributed by atoms with Crippen molar-refractivity contribution < 1.29 is 13.2 Å². The lowest BCUT2D eigenvalue weighted by molar-refractivity contribution is 0.0954. The highest BCUT2D eigenvalue weighted by Crippen LogP contribution is 2.26. The summed E-state index contributed by atoms with van der Waals surface area (Å²) in [5.41, 5.74) is 2.23. The van der Waals surface area contributed by atoms with Crippen LogP contribution in [0.1, 0.15) is 40.2 Å². The van der Waals surface area contributed by atoms with Gasteiger partial charge >= 0.3 is 0 Å². The molecule has 3 heterocycles. The van der Waals surface area contributed by atoms with E-state index in [0.29, 0.717) is 40.1 Å². The molecule has 0 radical (unpaired) electrons. The molecule has 1 N–H and O–H groups in total. The zero-order valence-electron chi connectivity index (χ0n) is 17.2. The molecule has 7 nitrogen and oxygen atoms in total. The van der Waals surface area contributed by atoms with Crippen LogP contribution in [-0.2, 0) is 16.6 Å². The topological polar surface area (TPSA) is 92.3 Å². The highest BCUT2D eigenvalue weighted by atomic mass is 32.2. The lowest BCUT2D eigenvalue weighted by atomic mass is 10.2. The zero-order valence-corrected chi connectivity index (χ0v) is 18.9. The van der Waals surface area contributed by atoms with Crippen LogP contribution in [0.15, 0.2) is 53.6 Å². The smallest absolute Gasteiger partial charge is 0.263 e. The third kappa shape index (κ3) is 4.84. The number of aryl methyl sites for hydroxylation is 1. The average molecular weight is 457 g/mol. The molecule has 31 heavy (non-hydrogen) atoms. The monoisotopic (exact) mass is 456 g/mol. The maximum absolute atomic E-state index is 12.8. The highest BCUT2D eigenvalue weighted by Gasteiger charge is 2.25. The van der Waals surface area contributed by atoms with Gasteiger partial charge in [0.05, 0.1) is 16.3 Å². The lowest BCUT2D eigenvalue weighted by Crippen LogP contribution is -2.35. The van der Waals surface area contributed by atoms with Crippen LogP contribution in [0, 0.1) is 6.92 Å². The van der Waals surface area contributed by atoms with E-state index in [-0.39, 0.29) is 5.91 Å². The minimum absolute atomic E-state index is 0.206. The first-order chi connectivity index (χ1) is 14.9. The summed E-state index contributed by atoms with van der Waals surface area (Å²) in [4.78, 5) is 22.2. The number of thiazole rings is 1. The van der Waals surface area contributed by atoms with Gasteiger partial charge in [-0.1, -0.05) is 24.6 Å². The van der Waals surface area contributed by atoms with Gasteiger partial charge in [-0.15, -0.1) is 11.3 Å². The van der Waals surface area contributed by atoms with Crippen molar-refractivity contribution in [3.05, 3.63) is 64.8 Å². The van der Waals surface area contributed by atoms with Crippen molar-refractivity contribution in [2.45, 2.75) is 37.6 Å². The molecule has 1 aliphatic rings. The molecule has 1 fully saturated rings. The van der Waals surface area contributed by atoms with Crippen LogP contribution >= 0.6 is 11.3 Å². The molecule has 0 unspecified atom stereocenters. The van der Waals surface area contributed by atoms with E-state index in [1.807, 2.05) is 18.2 Å². The SMILES string of the molecule is Cc1nc(-c2ccccn2)sc1C(=O)NCc1ccc(S(=O)(=O)N2CCCCC2)cc1. The number of benzene rings is 1. The van der Waals surface area contributed by atoms with Crippen LogP contribution in [0.3, 0.4) is 0 Å². The van der Waals surface area contributed by atoms with Crippen LogP contribution in [0.5, 0.6) is 0 Å². The molecular formula is C22H24N4O3S2. The third-order valence-corrected chi connectivity index (χ3v) is 8.31. The predicted molar refractivity (Wildman–Crippen MR) is 120 cm³/mol. The second-order valence-electron chi connectivity index (χ2n) is 7.44. The number of nitrogens with zero attached hydrogens (tertiary/aromatic N) is 3. The lowest BCUT2D eigenvalue weighted by Gasteiger charge is -2.25. The molecule has 162 valence electrons. The quantitative estimate of drug-likeness (QED) is 0.612. The van der Waals surface area contributed by atoms with Gasteiger partial charge in [-0.2, -0.15) is 4.31 Å². The Hall–Kier alpha value is -2.62. The first-order valence-corrected chi connectivity index (χ1v) is 12.5. The van der Waals surface area contributed by atoms with Gasteiger partial charge in [-0.25, -0.2) is 13.4 Å². The largest absolute Gasteiger partial charge is 0.347 e. The molecular weight excluding hydrogens is 432 g/mol. The number of aromatic nitrogens is 2. The van der Waals surface area contributed by atoms with Crippen LogP contribution in [0.4, 0.5) is 0 Å². The molecule has 1 aromatic carbocycles. The summed E-state index contributed by atoms with van der Waals surface area (Å²) in [5, 5.41) is 3.60. The van der Waals surface area contributed by atoms with Gasteiger partial charge in [-0.05, 0) is 49.6 Å². The van der Waals surface area contributed by atoms with E-state index in [4.69, 9.17) is 0 Å². The van der Waals surface area contributed by atoms with E-state index in [1.165, 1.54) is 11.3 Å². The number of rotatable bonds is 6. The molecule has 0 spiro atoms. The number of carbonyl (C=O) groups excluding carboxylic acids is 1. The van der Waals surface area contributed by atoms with E-state index in [1.54, 1.807) is 41.7 Å². The number of sulfonamides is 1. The Bertz CT molecular complexity index is 1150. The van der Waals surface area contributed by atoms with E-state index < -0.39 is 10.0 Å². The first-order valence-electron chi connectivity index (χ1n) is 10.2. The standard InChI is InChI=1S/C22H24N4O3S2/c1-16-20(30-22(25-16)19-7-3-4-12-23-19)21(27)24-15-17-8-10-18(11-9-17)31(28,29)26-13-5-2-6-14-26/h3-4,7-12H,2,5-6,13-15H2,1H3,(H,24,27). The second kappa shape index (κ2) is 9.25. The summed E-state index contributed by atoms with van der Waals surface area (Å²) in [5.74, 6) is -0.206. The van der Waals surface area contributed by atoms with E-state index in [9.17, 15) is 13.2 Å². The number of pyridine rings is 1. The number of carbonyl (C=O) groups is 1. The zero-order chi connectivity index (χ0) is 21.8. The molecule has 4 rings (SSSR count). The van der Waals surface area contributed by atoms with Gasteiger partial charge in [0.2, 0.25) is 10.0 Å². The number of amides is 1. The molecule has 0 aliphatic carbocycles. The number of piperidine rings is 1. The van der Waals surface area contributed by atoms with Crippen LogP contribution < -0.4 is 5.32 Å². The normalized spacial score (nSPS) is 15.0. The molecule has 9 heteroatoms. The van der Waals surface area contributed by atoms with Crippen molar-refractivity contribution in [1.82, 2.24) is 19.6 Å². The fourth-order valence-electron chi connectivity index (χ4n) is 3.50. The molecule has 0 atom stereocenters. The Balaban J connectivity index is 1.40.